The van der Waals surface area contributed by atoms with Crippen molar-refractivity contribution in [3.05, 3.63) is 0 Å². The van der Waals surface area contributed by atoms with Gasteiger partial charge in [0.2, 0.25) is 8.25 Å². The first-order valence-electron chi connectivity index (χ1n) is 4.68. The maximum Gasteiger partial charge on any atom is 0.241 e. The van der Waals surface area contributed by atoms with Gasteiger partial charge in [-0.15, -0.1) is 0 Å². The van der Waals surface area contributed by atoms with Crippen LogP contribution in [0.2, 0.25) is 0 Å². The third kappa shape index (κ3) is 3.14. The first kappa shape index (κ1) is 14.8. The maximum absolute atomic E-state index is 6.06. The molecule has 0 radical (unpaired) electrons. The van der Waals surface area contributed by atoms with Gasteiger partial charge in [0.15, 0.2) is 0 Å². The van der Waals surface area contributed by atoms with E-state index in [4.69, 9.17) is 58.0 Å². The fourth-order valence-electron chi connectivity index (χ4n) is 1.35. The average Bonchev–Trinajstić information content (AvgIpc) is 2.49. The van der Waals surface area contributed by atoms with Crippen LogP contribution in [0.15, 0.2) is 5.10 Å². The highest BCUT2D eigenvalue weighted by molar-refractivity contribution is 6.75. The molecule has 1 aliphatic rings. The Hall–Kier alpha value is 0.720. The van der Waals surface area contributed by atoms with Gasteiger partial charge in [-0.1, -0.05) is 71.9 Å². The Morgan fingerprint density at radius 3 is 2.31 bits per heavy atom. The molecule has 1 rings (SSSR count). The fourth-order valence-corrected chi connectivity index (χ4v) is 1.97. The highest BCUT2D eigenvalue weighted by atomic mass is 35.6. The smallest absolute Gasteiger partial charge is 0.241 e. The van der Waals surface area contributed by atoms with Crippen LogP contribution in [0, 0.1) is 5.92 Å². The van der Waals surface area contributed by atoms with Crippen molar-refractivity contribution >= 4 is 64.3 Å². The zero-order valence-electron chi connectivity index (χ0n) is 8.72. The van der Waals surface area contributed by atoms with Crippen molar-refractivity contribution in [1.82, 2.24) is 10.3 Å². The molecule has 0 fully saturated rings. The molecule has 0 saturated heterocycles. The van der Waals surface area contributed by atoms with Crippen LogP contribution in [-0.4, -0.2) is 25.7 Å². The normalized spacial score (nSPS) is 21.8. The summed E-state index contributed by atoms with van der Waals surface area (Å²) in [5, 5.41) is 3.89. The van der Waals surface area contributed by atoms with Gasteiger partial charge in [-0.05, 0) is 12.3 Å². The second kappa shape index (κ2) is 5.15. The van der Waals surface area contributed by atoms with Gasteiger partial charge >= 0.3 is 0 Å². The van der Waals surface area contributed by atoms with Crippen LogP contribution < -0.4 is 5.43 Å². The van der Waals surface area contributed by atoms with Gasteiger partial charge in [0.25, 0.3) is 0 Å². The van der Waals surface area contributed by atoms with Crippen molar-refractivity contribution in [1.29, 1.82) is 0 Å². The fraction of sp³-hybridized carbons (Fsp3) is 0.875. The minimum atomic E-state index is -1.83. The molecule has 0 aromatic carbocycles. The minimum absolute atomic E-state index is 0.175. The molecule has 94 valence electrons. The lowest BCUT2D eigenvalue weighted by Gasteiger charge is -2.39. The number of hydrazone groups is 1. The Morgan fingerprint density at radius 1 is 1.31 bits per heavy atom. The van der Waals surface area contributed by atoms with Gasteiger partial charge in [-0.3, -0.25) is 5.43 Å². The van der Waals surface area contributed by atoms with E-state index in [9.17, 15) is 0 Å². The maximum atomic E-state index is 6.06. The summed E-state index contributed by atoms with van der Waals surface area (Å²) in [6.07, 6.45) is 2.04. The Bertz CT molecular complexity index is 273. The number of hydrogen-bond acceptors (Lipinski definition) is 3. The Kier molecular flexibility index (Phi) is 4.76. The van der Waals surface area contributed by atoms with Gasteiger partial charge in [0.05, 0.1) is 0 Å². The second-order valence-corrected chi connectivity index (χ2v) is 7.53. The highest BCUT2D eigenvalue weighted by Gasteiger charge is 2.53. The number of hydrogen-bond donors (Lipinski definition) is 1. The first-order chi connectivity index (χ1) is 7.16. The third-order valence-electron chi connectivity index (χ3n) is 2.10. The third-order valence-corrected chi connectivity index (χ3v) is 4.46. The summed E-state index contributed by atoms with van der Waals surface area (Å²) in [5.41, 5.74) is 2.87. The number of nitrogens with one attached hydrogen (secondary N) is 1. The SMILES string of the molecule is CC(C)CC1NN=CN1C(Cl)(Cl)C(Cl)(Cl)Cl. The van der Waals surface area contributed by atoms with Crippen LogP contribution in [-0.2, 0) is 0 Å². The predicted octanol–water partition coefficient (Wildman–Crippen LogP) is 3.71. The zero-order chi connectivity index (χ0) is 12.6. The van der Waals surface area contributed by atoms with Crippen molar-refractivity contribution in [2.75, 3.05) is 0 Å². The molecule has 3 nitrogen and oxygen atoms in total. The summed E-state index contributed by atoms with van der Waals surface area (Å²) in [7, 11) is 0. The molecule has 0 amide bonds. The lowest BCUT2D eigenvalue weighted by Crippen LogP contribution is -2.53. The van der Waals surface area contributed by atoms with Crippen molar-refractivity contribution in [3.63, 3.8) is 0 Å². The molecular formula is C8H12Cl5N3. The van der Waals surface area contributed by atoms with E-state index < -0.39 is 8.25 Å². The second-order valence-electron chi connectivity index (χ2n) is 3.97. The van der Waals surface area contributed by atoms with E-state index in [1.54, 1.807) is 0 Å². The Balaban J connectivity index is 2.82. The van der Waals surface area contributed by atoms with Gasteiger partial charge in [0, 0.05) is 0 Å². The molecule has 0 aromatic rings. The van der Waals surface area contributed by atoms with Crippen molar-refractivity contribution in [2.45, 2.75) is 34.7 Å². The largest absolute Gasteiger partial charge is 0.304 e. The van der Waals surface area contributed by atoms with E-state index in [0.717, 1.165) is 6.42 Å². The zero-order valence-corrected chi connectivity index (χ0v) is 12.5. The molecule has 0 aromatic heterocycles. The molecule has 0 bridgehead atoms. The summed E-state index contributed by atoms with van der Waals surface area (Å²) in [6, 6.07) is 0. The summed E-state index contributed by atoms with van der Waals surface area (Å²) >= 11 is 29.3. The van der Waals surface area contributed by atoms with Crippen LogP contribution in [0.5, 0.6) is 0 Å². The molecule has 16 heavy (non-hydrogen) atoms. The van der Waals surface area contributed by atoms with Gasteiger partial charge in [-0.2, -0.15) is 5.10 Å². The summed E-state index contributed by atoms with van der Waals surface area (Å²) in [6.45, 7) is 4.13. The van der Waals surface area contributed by atoms with E-state index in [1.165, 1.54) is 11.2 Å². The minimum Gasteiger partial charge on any atom is -0.304 e. The standard InChI is InChI=1S/C8H12Cl5N3/c1-5(2)3-6-15-14-4-16(6)8(12,13)7(9,10)11/h4-6,15H,3H2,1-2H3. The van der Waals surface area contributed by atoms with Crippen LogP contribution in [0.3, 0.4) is 0 Å². The van der Waals surface area contributed by atoms with E-state index in [-0.39, 0.29) is 6.17 Å². The molecule has 0 aliphatic carbocycles. The van der Waals surface area contributed by atoms with Gasteiger partial charge in [0.1, 0.15) is 12.5 Å². The molecule has 0 spiro atoms. The molecule has 1 aliphatic heterocycles. The molecule has 1 N–H and O–H groups in total. The monoisotopic (exact) mass is 325 g/mol. The van der Waals surface area contributed by atoms with E-state index >= 15 is 0 Å². The summed E-state index contributed by atoms with van der Waals surface area (Å²) in [5.74, 6) is 0.432. The molecule has 1 atom stereocenters. The molecule has 8 heteroatoms. The summed E-state index contributed by atoms with van der Waals surface area (Å²) in [4.78, 5) is 1.50. The quantitative estimate of drug-likeness (QED) is 0.632. The van der Waals surface area contributed by atoms with Gasteiger partial charge < -0.3 is 4.90 Å². The average molecular weight is 327 g/mol. The number of alkyl halides is 5. The van der Waals surface area contributed by atoms with Crippen LogP contribution >= 0.6 is 58.0 Å². The van der Waals surface area contributed by atoms with Crippen LogP contribution in [0.4, 0.5) is 0 Å². The predicted molar refractivity (Wildman–Crippen MR) is 71.4 cm³/mol. The van der Waals surface area contributed by atoms with Crippen molar-refractivity contribution in [3.8, 4) is 0 Å². The highest BCUT2D eigenvalue weighted by Crippen LogP contribution is 2.48. The Morgan fingerprint density at radius 2 is 1.88 bits per heavy atom. The van der Waals surface area contributed by atoms with Crippen LogP contribution in [0.1, 0.15) is 20.3 Å². The number of rotatable bonds is 3. The first-order valence-corrected chi connectivity index (χ1v) is 6.57. The van der Waals surface area contributed by atoms with Gasteiger partial charge in [-0.25, -0.2) is 0 Å². The molecule has 1 heterocycles. The van der Waals surface area contributed by atoms with Crippen molar-refractivity contribution in [2.24, 2.45) is 11.0 Å². The molecule has 0 saturated carbocycles. The molecule has 1 unspecified atom stereocenters. The van der Waals surface area contributed by atoms with Crippen LogP contribution in [0.25, 0.3) is 0 Å². The molecular weight excluding hydrogens is 315 g/mol. The lowest BCUT2D eigenvalue weighted by atomic mass is 10.1. The Labute approximate surface area is 120 Å². The topological polar surface area (TPSA) is 27.6 Å². The lowest BCUT2D eigenvalue weighted by molar-refractivity contribution is 0.229. The van der Waals surface area contributed by atoms with E-state index in [1.807, 2.05) is 0 Å². The van der Waals surface area contributed by atoms with Crippen molar-refractivity contribution < 1.29 is 0 Å². The number of halogens is 5. The van der Waals surface area contributed by atoms with E-state index in [0.29, 0.717) is 5.92 Å². The van der Waals surface area contributed by atoms with E-state index in [2.05, 4.69) is 24.4 Å². The summed E-state index contributed by atoms with van der Waals surface area (Å²) < 4.78 is -3.49. The number of nitrogens with zero attached hydrogens (tertiary/aromatic N) is 2.